The van der Waals surface area contributed by atoms with Crippen LogP contribution in [0.15, 0.2) is 64.2 Å². The second-order valence-electron chi connectivity index (χ2n) is 7.95. The van der Waals surface area contributed by atoms with Crippen molar-refractivity contribution >= 4 is 32.9 Å². The molecule has 154 valence electrons. The van der Waals surface area contributed by atoms with Crippen LogP contribution in [0.3, 0.4) is 0 Å². The Bertz CT molecular complexity index is 1110. The van der Waals surface area contributed by atoms with Crippen LogP contribution >= 0.6 is 27.7 Å². The van der Waals surface area contributed by atoms with Crippen molar-refractivity contribution in [3.05, 3.63) is 81.8 Å². The van der Waals surface area contributed by atoms with E-state index >= 15 is 0 Å². The van der Waals surface area contributed by atoms with Crippen molar-refractivity contribution in [3.8, 4) is 5.69 Å². The smallest absolute Gasteiger partial charge is 0.160 e. The molecule has 2 aromatic heterocycles. The Morgan fingerprint density at radius 3 is 2.67 bits per heavy atom. The highest BCUT2D eigenvalue weighted by atomic mass is 79.9. The van der Waals surface area contributed by atoms with E-state index in [1.807, 2.05) is 24.0 Å². The Hall–Kier alpha value is -2.05. The Morgan fingerprint density at radius 1 is 1.13 bits per heavy atom. The van der Waals surface area contributed by atoms with Crippen LogP contribution in [0.25, 0.3) is 5.69 Å². The summed E-state index contributed by atoms with van der Waals surface area (Å²) in [5, 5.41) is 1.17. The normalized spacial score (nSPS) is 23.0. The van der Waals surface area contributed by atoms with Gasteiger partial charge in [-0.05, 0) is 72.1 Å². The number of pyridine rings is 1. The van der Waals surface area contributed by atoms with Crippen LogP contribution in [0, 0.1) is 13.8 Å². The fraction of sp³-hybridized carbons (Fsp3) is 0.333. The Morgan fingerprint density at radius 2 is 1.93 bits per heavy atom. The Kier molecular flexibility index (Phi) is 5.23. The molecule has 0 N–H and O–H groups in total. The van der Waals surface area contributed by atoms with Gasteiger partial charge in [-0.2, -0.15) is 0 Å². The van der Waals surface area contributed by atoms with Gasteiger partial charge in [0.2, 0.25) is 0 Å². The first-order valence-corrected chi connectivity index (χ1v) is 12.2. The molecule has 0 bridgehead atoms. The number of fused-ring (bicyclic) bond motifs is 1. The molecular weight excluding hydrogens is 456 g/mol. The van der Waals surface area contributed by atoms with Crippen molar-refractivity contribution in [1.29, 1.82) is 0 Å². The van der Waals surface area contributed by atoms with Crippen LogP contribution in [0.2, 0.25) is 0 Å². The number of halogens is 1. The van der Waals surface area contributed by atoms with E-state index in [1.165, 1.54) is 27.8 Å². The predicted octanol–water partition coefficient (Wildman–Crippen LogP) is 6.23. The fourth-order valence-electron chi connectivity index (χ4n) is 4.78. The predicted molar refractivity (Wildman–Crippen MR) is 128 cm³/mol. The molecule has 3 atom stereocenters. The van der Waals surface area contributed by atoms with Gasteiger partial charge in [0, 0.05) is 33.9 Å². The molecule has 4 heterocycles. The zero-order chi connectivity index (χ0) is 20.8. The van der Waals surface area contributed by atoms with Gasteiger partial charge in [-0.15, -0.1) is 0 Å². The summed E-state index contributed by atoms with van der Waals surface area (Å²) in [7, 11) is 0. The van der Waals surface area contributed by atoms with Gasteiger partial charge in [-0.1, -0.05) is 36.9 Å². The number of amidine groups is 1. The third kappa shape index (κ3) is 3.12. The monoisotopic (exact) mass is 480 g/mol. The molecule has 1 aromatic carbocycles. The van der Waals surface area contributed by atoms with Gasteiger partial charge in [-0.25, -0.2) is 0 Å². The molecule has 0 spiro atoms. The number of aromatic nitrogens is 2. The van der Waals surface area contributed by atoms with Crippen LogP contribution in [-0.2, 0) is 0 Å². The average Bonchev–Trinajstić information content (AvgIpc) is 3.41. The van der Waals surface area contributed by atoms with Crippen LogP contribution in [0.1, 0.15) is 48.1 Å². The van der Waals surface area contributed by atoms with Gasteiger partial charge < -0.3 is 9.47 Å². The standard InChI is InChI=1S/C24H25BrN4S/c1-4-17-14-30-24-27-22(20-10-7-8-12-26-20)23(29(17)24)18-13-15(2)28(16(18)3)21-11-6-5-9-19(21)25/h5-13,17,22-23H,4,14H2,1-3H3/t17-,22-,23+/m0/s1. The third-order valence-electron chi connectivity index (χ3n) is 6.21. The highest BCUT2D eigenvalue weighted by Gasteiger charge is 2.46. The third-order valence-corrected chi connectivity index (χ3v) is 8.01. The number of aryl methyl sites for hydroxylation is 1. The van der Waals surface area contributed by atoms with Gasteiger partial charge in [-0.3, -0.25) is 9.98 Å². The van der Waals surface area contributed by atoms with Crippen molar-refractivity contribution in [1.82, 2.24) is 14.5 Å². The lowest BCUT2D eigenvalue weighted by molar-refractivity contribution is 0.254. The lowest BCUT2D eigenvalue weighted by atomic mass is 9.95. The summed E-state index contributed by atoms with van der Waals surface area (Å²) in [6.07, 6.45) is 3.01. The number of hydrogen-bond donors (Lipinski definition) is 0. The summed E-state index contributed by atoms with van der Waals surface area (Å²) in [5.41, 5.74) is 6.08. The molecule has 1 saturated heterocycles. The molecular formula is C24H25BrN4S. The molecule has 1 fully saturated rings. The second kappa shape index (κ2) is 7.89. The molecule has 30 heavy (non-hydrogen) atoms. The first-order chi connectivity index (χ1) is 14.6. The molecule has 4 nitrogen and oxygen atoms in total. The van der Waals surface area contributed by atoms with E-state index in [1.54, 1.807) is 0 Å². The summed E-state index contributed by atoms with van der Waals surface area (Å²) in [6.45, 7) is 6.71. The lowest BCUT2D eigenvalue weighted by Gasteiger charge is -2.32. The maximum Gasteiger partial charge on any atom is 0.160 e. The van der Waals surface area contributed by atoms with E-state index in [4.69, 9.17) is 4.99 Å². The molecule has 2 aliphatic heterocycles. The van der Waals surface area contributed by atoms with E-state index in [-0.39, 0.29) is 12.1 Å². The summed E-state index contributed by atoms with van der Waals surface area (Å²) in [6, 6.07) is 17.6. The number of thioether (sulfide) groups is 1. The van der Waals surface area contributed by atoms with Gasteiger partial charge in [0.1, 0.15) is 6.04 Å². The molecule has 0 radical (unpaired) electrons. The van der Waals surface area contributed by atoms with E-state index in [0.717, 1.165) is 22.3 Å². The van der Waals surface area contributed by atoms with E-state index < -0.39 is 0 Å². The van der Waals surface area contributed by atoms with Crippen LogP contribution in [0.4, 0.5) is 0 Å². The number of hydrogen-bond acceptors (Lipinski definition) is 4. The average molecular weight is 481 g/mol. The number of para-hydroxylation sites is 1. The van der Waals surface area contributed by atoms with Crippen molar-refractivity contribution in [2.24, 2.45) is 4.99 Å². The number of benzene rings is 1. The highest BCUT2D eigenvalue weighted by molar-refractivity contribution is 9.10. The van der Waals surface area contributed by atoms with Crippen LogP contribution in [-0.4, -0.2) is 31.4 Å². The Labute approximate surface area is 190 Å². The SMILES string of the molecule is CC[C@H]1CSC2=N[C@@H](c3ccccn3)[C@@H](c3cc(C)n(-c4ccccc4Br)c3C)N21. The van der Waals surface area contributed by atoms with E-state index in [9.17, 15) is 0 Å². The van der Waals surface area contributed by atoms with E-state index in [2.05, 4.69) is 93.6 Å². The highest BCUT2D eigenvalue weighted by Crippen LogP contribution is 2.50. The van der Waals surface area contributed by atoms with Crippen molar-refractivity contribution in [3.63, 3.8) is 0 Å². The number of nitrogens with zero attached hydrogens (tertiary/aromatic N) is 4. The summed E-state index contributed by atoms with van der Waals surface area (Å²) >= 11 is 5.63. The van der Waals surface area contributed by atoms with Gasteiger partial charge in [0.25, 0.3) is 0 Å². The van der Waals surface area contributed by atoms with Crippen molar-refractivity contribution < 1.29 is 0 Å². The molecule has 0 aliphatic carbocycles. The summed E-state index contributed by atoms with van der Waals surface area (Å²) in [4.78, 5) is 12.4. The molecule has 2 aliphatic rings. The van der Waals surface area contributed by atoms with E-state index in [0.29, 0.717) is 6.04 Å². The summed E-state index contributed by atoms with van der Waals surface area (Å²) < 4.78 is 3.46. The second-order valence-corrected chi connectivity index (χ2v) is 9.79. The van der Waals surface area contributed by atoms with Crippen molar-refractivity contribution in [2.75, 3.05) is 5.75 Å². The topological polar surface area (TPSA) is 33.4 Å². The zero-order valence-electron chi connectivity index (χ0n) is 17.4. The number of rotatable bonds is 4. The minimum absolute atomic E-state index is 0.0243. The van der Waals surface area contributed by atoms with Crippen molar-refractivity contribution in [2.45, 2.75) is 45.3 Å². The fourth-order valence-corrected chi connectivity index (χ4v) is 6.58. The maximum atomic E-state index is 5.17. The minimum atomic E-state index is 0.0243. The first-order valence-electron chi connectivity index (χ1n) is 10.4. The molecule has 0 saturated carbocycles. The zero-order valence-corrected chi connectivity index (χ0v) is 19.8. The van der Waals surface area contributed by atoms with Gasteiger partial charge in [0.05, 0.1) is 17.4 Å². The largest absolute Gasteiger partial charge is 0.338 e. The number of aliphatic imine (C=N–C) groups is 1. The molecule has 5 rings (SSSR count). The quantitative estimate of drug-likeness (QED) is 0.443. The maximum absolute atomic E-state index is 5.17. The minimum Gasteiger partial charge on any atom is -0.338 e. The van der Waals surface area contributed by atoms with Gasteiger partial charge in [0.15, 0.2) is 5.17 Å². The molecule has 6 heteroatoms. The van der Waals surface area contributed by atoms with Gasteiger partial charge >= 0.3 is 0 Å². The lowest BCUT2D eigenvalue weighted by Crippen LogP contribution is -2.35. The van der Waals surface area contributed by atoms with Crippen LogP contribution in [0.5, 0.6) is 0 Å². The Balaban J connectivity index is 1.66. The molecule has 0 unspecified atom stereocenters. The molecule has 0 amide bonds. The van der Waals surface area contributed by atoms with Crippen LogP contribution < -0.4 is 0 Å². The molecule has 3 aromatic rings. The summed E-state index contributed by atoms with van der Waals surface area (Å²) in [5.74, 6) is 1.11. The first kappa shape index (κ1) is 19.9.